The topological polar surface area (TPSA) is 109 Å². The molecule has 0 fully saturated rings. The number of tetrazole rings is 1. The van der Waals surface area contributed by atoms with Gasteiger partial charge in [-0.3, -0.25) is 14.9 Å². The summed E-state index contributed by atoms with van der Waals surface area (Å²) in [5.74, 6) is 0.399. The third kappa shape index (κ3) is 2.84. The molecule has 0 bridgehead atoms. The molecular formula is C14H12N6O3. The molecule has 0 aliphatic heterocycles. The molecule has 0 aliphatic rings. The Morgan fingerprint density at radius 1 is 1.26 bits per heavy atom. The molecule has 2 aromatic heterocycles. The van der Waals surface area contributed by atoms with E-state index in [0.717, 1.165) is 5.69 Å². The summed E-state index contributed by atoms with van der Waals surface area (Å²) in [6, 6.07) is 10.4. The van der Waals surface area contributed by atoms with Crippen LogP contribution < -0.4 is 5.56 Å². The van der Waals surface area contributed by atoms with Crippen molar-refractivity contribution in [3.8, 4) is 5.69 Å². The van der Waals surface area contributed by atoms with Gasteiger partial charge in [-0.1, -0.05) is 18.2 Å². The number of aromatic nitrogens is 5. The van der Waals surface area contributed by atoms with Crippen molar-refractivity contribution in [1.29, 1.82) is 0 Å². The van der Waals surface area contributed by atoms with Crippen molar-refractivity contribution in [2.75, 3.05) is 0 Å². The quantitative estimate of drug-likeness (QED) is 0.527. The number of hydrogen-bond donors (Lipinski definition) is 0. The Balaban J connectivity index is 2.01. The monoisotopic (exact) mass is 312 g/mol. The van der Waals surface area contributed by atoms with Gasteiger partial charge in [0.1, 0.15) is 0 Å². The molecule has 0 saturated heterocycles. The van der Waals surface area contributed by atoms with Gasteiger partial charge in [0.25, 0.3) is 11.2 Å². The summed E-state index contributed by atoms with van der Waals surface area (Å²) >= 11 is 0. The lowest BCUT2D eigenvalue weighted by Crippen LogP contribution is -2.22. The third-order valence-electron chi connectivity index (χ3n) is 3.35. The molecule has 0 N–H and O–H groups in total. The summed E-state index contributed by atoms with van der Waals surface area (Å²) in [5, 5.41) is 22.4. The highest BCUT2D eigenvalue weighted by molar-refractivity contribution is 5.36. The van der Waals surface area contributed by atoms with Gasteiger partial charge in [0.15, 0.2) is 5.82 Å². The molecule has 23 heavy (non-hydrogen) atoms. The number of aryl methyl sites for hydroxylation is 1. The van der Waals surface area contributed by atoms with Crippen LogP contribution in [0.15, 0.2) is 47.4 Å². The van der Waals surface area contributed by atoms with E-state index in [0.29, 0.717) is 11.4 Å². The predicted molar refractivity (Wildman–Crippen MR) is 80.3 cm³/mol. The molecular weight excluding hydrogens is 300 g/mol. The molecule has 2 heterocycles. The molecule has 1 aromatic carbocycles. The van der Waals surface area contributed by atoms with Crippen molar-refractivity contribution >= 4 is 5.69 Å². The highest BCUT2D eigenvalue weighted by Gasteiger charge is 2.15. The van der Waals surface area contributed by atoms with Crippen LogP contribution in [0, 0.1) is 17.0 Å². The molecule has 0 atom stereocenters. The minimum atomic E-state index is -0.522. The van der Waals surface area contributed by atoms with E-state index in [1.165, 1.54) is 28.4 Å². The normalized spacial score (nSPS) is 10.7. The van der Waals surface area contributed by atoms with Crippen molar-refractivity contribution in [3.05, 3.63) is 74.5 Å². The number of para-hydroxylation sites is 1. The SMILES string of the molecule is Cc1cc(=O)n(Cc2nnnn2-c2ccccc2)cc1[N+](=O)[O-]. The molecule has 0 amide bonds. The number of pyridine rings is 1. The summed E-state index contributed by atoms with van der Waals surface area (Å²) in [6.45, 7) is 1.56. The van der Waals surface area contributed by atoms with Crippen LogP contribution in [0.4, 0.5) is 5.69 Å². The molecule has 9 nitrogen and oxygen atoms in total. The van der Waals surface area contributed by atoms with Gasteiger partial charge < -0.3 is 4.57 Å². The van der Waals surface area contributed by atoms with E-state index in [9.17, 15) is 14.9 Å². The van der Waals surface area contributed by atoms with E-state index in [1.807, 2.05) is 30.3 Å². The van der Waals surface area contributed by atoms with Crippen molar-refractivity contribution in [2.45, 2.75) is 13.5 Å². The first kappa shape index (κ1) is 14.6. The summed E-state index contributed by atoms with van der Waals surface area (Å²) in [5.41, 5.74) is 0.583. The second-order valence-electron chi connectivity index (χ2n) is 4.91. The van der Waals surface area contributed by atoms with Crippen molar-refractivity contribution in [2.24, 2.45) is 0 Å². The van der Waals surface area contributed by atoms with Gasteiger partial charge in [0.05, 0.1) is 23.4 Å². The first-order chi connectivity index (χ1) is 11.1. The van der Waals surface area contributed by atoms with E-state index in [4.69, 9.17) is 0 Å². The number of hydrogen-bond acceptors (Lipinski definition) is 6. The van der Waals surface area contributed by atoms with Gasteiger partial charge in [-0.25, -0.2) is 0 Å². The zero-order valence-electron chi connectivity index (χ0n) is 12.2. The minimum absolute atomic E-state index is 0.0296. The summed E-state index contributed by atoms with van der Waals surface area (Å²) in [6.07, 6.45) is 1.21. The first-order valence-electron chi connectivity index (χ1n) is 6.74. The largest absolute Gasteiger partial charge is 0.301 e. The number of rotatable bonds is 4. The van der Waals surface area contributed by atoms with Crippen LogP contribution in [-0.2, 0) is 6.54 Å². The Hall–Kier alpha value is -3.36. The molecule has 116 valence electrons. The Morgan fingerprint density at radius 3 is 2.70 bits per heavy atom. The molecule has 3 rings (SSSR count). The zero-order valence-corrected chi connectivity index (χ0v) is 12.2. The molecule has 0 saturated carbocycles. The lowest BCUT2D eigenvalue weighted by molar-refractivity contribution is -0.385. The third-order valence-corrected chi connectivity index (χ3v) is 3.35. The molecule has 0 unspecified atom stereocenters. The van der Waals surface area contributed by atoms with Crippen molar-refractivity contribution in [1.82, 2.24) is 24.8 Å². The average molecular weight is 312 g/mol. The maximum absolute atomic E-state index is 12.1. The maximum atomic E-state index is 12.1. The summed E-state index contributed by atoms with van der Waals surface area (Å²) in [4.78, 5) is 22.5. The second kappa shape index (κ2) is 5.79. The minimum Gasteiger partial charge on any atom is -0.301 e. The molecule has 0 radical (unpaired) electrons. The Labute approximate surface area is 130 Å². The lowest BCUT2D eigenvalue weighted by Gasteiger charge is -2.07. The number of nitro groups is 1. The van der Waals surface area contributed by atoms with E-state index >= 15 is 0 Å². The first-order valence-corrected chi connectivity index (χ1v) is 6.74. The molecule has 3 aromatic rings. The van der Waals surface area contributed by atoms with Crippen molar-refractivity contribution in [3.63, 3.8) is 0 Å². The van der Waals surface area contributed by atoms with Gasteiger partial charge in [-0.2, -0.15) is 4.68 Å². The number of nitrogens with zero attached hydrogens (tertiary/aromatic N) is 6. The summed E-state index contributed by atoms with van der Waals surface area (Å²) < 4.78 is 2.70. The smallest absolute Gasteiger partial charge is 0.288 e. The van der Waals surface area contributed by atoms with Crippen LogP contribution in [0.2, 0.25) is 0 Å². The molecule has 0 spiro atoms. The zero-order chi connectivity index (χ0) is 16.4. The van der Waals surface area contributed by atoms with Crippen LogP contribution in [0.3, 0.4) is 0 Å². The van der Waals surface area contributed by atoms with Crippen LogP contribution in [0.1, 0.15) is 11.4 Å². The van der Waals surface area contributed by atoms with Gasteiger partial charge >= 0.3 is 0 Å². The van der Waals surface area contributed by atoms with Gasteiger partial charge in [0, 0.05) is 11.6 Å². The number of benzene rings is 1. The highest BCUT2D eigenvalue weighted by Crippen LogP contribution is 2.15. The van der Waals surface area contributed by atoms with Crippen LogP contribution >= 0.6 is 0 Å². The molecule has 0 aliphatic carbocycles. The average Bonchev–Trinajstić information content (AvgIpc) is 2.98. The second-order valence-corrected chi connectivity index (χ2v) is 4.91. The van der Waals surface area contributed by atoms with Gasteiger partial charge in [-0.05, 0) is 29.5 Å². The van der Waals surface area contributed by atoms with Gasteiger partial charge in [0.2, 0.25) is 0 Å². The highest BCUT2D eigenvalue weighted by atomic mass is 16.6. The Bertz CT molecular complexity index is 916. The Morgan fingerprint density at radius 2 is 2.00 bits per heavy atom. The van der Waals surface area contributed by atoms with E-state index in [-0.39, 0.29) is 17.8 Å². The predicted octanol–water partition coefficient (Wildman–Crippen LogP) is 1.09. The van der Waals surface area contributed by atoms with E-state index in [1.54, 1.807) is 0 Å². The fraction of sp³-hybridized carbons (Fsp3) is 0.143. The van der Waals surface area contributed by atoms with Crippen LogP contribution in [0.25, 0.3) is 5.69 Å². The van der Waals surface area contributed by atoms with E-state index in [2.05, 4.69) is 15.5 Å². The van der Waals surface area contributed by atoms with Gasteiger partial charge in [-0.15, -0.1) is 5.10 Å². The van der Waals surface area contributed by atoms with Crippen LogP contribution in [0.5, 0.6) is 0 Å². The lowest BCUT2D eigenvalue weighted by atomic mass is 10.2. The van der Waals surface area contributed by atoms with E-state index < -0.39 is 4.92 Å². The standard InChI is InChI=1S/C14H12N6O3/c1-10-7-14(21)18(8-12(10)20(22)23)9-13-15-16-17-19(13)11-5-3-2-4-6-11/h2-8H,9H2,1H3. The van der Waals surface area contributed by atoms with Crippen LogP contribution in [-0.4, -0.2) is 29.7 Å². The molecule has 9 heteroatoms. The fourth-order valence-corrected chi connectivity index (χ4v) is 2.20. The fourth-order valence-electron chi connectivity index (χ4n) is 2.20. The summed E-state index contributed by atoms with van der Waals surface area (Å²) in [7, 11) is 0. The maximum Gasteiger partial charge on any atom is 0.288 e. The van der Waals surface area contributed by atoms with Crippen molar-refractivity contribution < 1.29 is 4.92 Å². The Kier molecular flexibility index (Phi) is 3.67.